The van der Waals surface area contributed by atoms with Gasteiger partial charge >= 0.3 is 0 Å². The summed E-state index contributed by atoms with van der Waals surface area (Å²) < 4.78 is 6.80. The molecule has 0 aliphatic heterocycles. The van der Waals surface area contributed by atoms with Gasteiger partial charge in [0.05, 0.1) is 12.8 Å². The van der Waals surface area contributed by atoms with E-state index in [2.05, 4.69) is 0 Å². The number of hydrogen-bond acceptors (Lipinski definition) is 4. The summed E-state index contributed by atoms with van der Waals surface area (Å²) in [4.78, 5) is 12.5. The first-order valence-corrected chi connectivity index (χ1v) is 7.14. The maximum Gasteiger partial charge on any atom is 0.268 e. The molecule has 1 aromatic carbocycles. The van der Waals surface area contributed by atoms with Crippen LogP contribution in [-0.4, -0.2) is 17.7 Å². The minimum absolute atomic E-state index is 0.120. The van der Waals surface area contributed by atoms with Crippen LogP contribution in [-0.2, 0) is 6.54 Å². The van der Waals surface area contributed by atoms with E-state index < -0.39 is 0 Å². The molecule has 2 N–H and O–H groups in total. The summed E-state index contributed by atoms with van der Waals surface area (Å²) in [5.41, 5.74) is 7.39. The first-order valence-electron chi connectivity index (χ1n) is 7.14. The SMILES string of the molecule is CCC(N)Cn1c(-c2cccc(OC)c2)ccc(C#N)c1=O. The Morgan fingerprint density at radius 3 is 2.77 bits per heavy atom. The van der Waals surface area contributed by atoms with E-state index in [0.717, 1.165) is 17.7 Å². The van der Waals surface area contributed by atoms with E-state index in [1.807, 2.05) is 37.3 Å². The lowest BCUT2D eigenvalue weighted by molar-refractivity contribution is 0.415. The van der Waals surface area contributed by atoms with Crippen LogP contribution >= 0.6 is 0 Å². The van der Waals surface area contributed by atoms with Gasteiger partial charge in [-0.1, -0.05) is 19.1 Å². The minimum Gasteiger partial charge on any atom is -0.497 e. The molecule has 114 valence electrons. The number of nitriles is 1. The van der Waals surface area contributed by atoms with E-state index in [9.17, 15) is 4.79 Å². The van der Waals surface area contributed by atoms with Crippen molar-refractivity contribution < 1.29 is 4.74 Å². The number of nitrogens with zero attached hydrogens (tertiary/aromatic N) is 2. The van der Waals surface area contributed by atoms with Crippen LogP contribution in [0.25, 0.3) is 11.3 Å². The maximum atomic E-state index is 12.5. The summed E-state index contributed by atoms with van der Waals surface area (Å²) in [6.45, 7) is 2.34. The average Bonchev–Trinajstić information content (AvgIpc) is 2.56. The fourth-order valence-corrected chi connectivity index (χ4v) is 2.24. The molecule has 1 heterocycles. The third kappa shape index (κ3) is 3.18. The lowest BCUT2D eigenvalue weighted by atomic mass is 10.1. The molecule has 0 saturated heterocycles. The van der Waals surface area contributed by atoms with Crippen LogP contribution in [0, 0.1) is 11.3 Å². The fourth-order valence-electron chi connectivity index (χ4n) is 2.24. The highest BCUT2D eigenvalue weighted by molar-refractivity contribution is 5.62. The van der Waals surface area contributed by atoms with Crippen molar-refractivity contribution in [1.82, 2.24) is 4.57 Å². The molecule has 0 aliphatic carbocycles. The molecular formula is C17H19N3O2. The predicted octanol–water partition coefficient (Wildman–Crippen LogP) is 2.13. The van der Waals surface area contributed by atoms with Crippen LogP contribution in [0.4, 0.5) is 0 Å². The van der Waals surface area contributed by atoms with E-state index in [4.69, 9.17) is 15.7 Å². The maximum absolute atomic E-state index is 12.5. The first-order chi connectivity index (χ1) is 10.6. The van der Waals surface area contributed by atoms with Crippen LogP contribution < -0.4 is 16.0 Å². The Hall–Kier alpha value is -2.58. The van der Waals surface area contributed by atoms with Crippen LogP contribution in [0.1, 0.15) is 18.9 Å². The van der Waals surface area contributed by atoms with Crippen molar-refractivity contribution in [3.63, 3.8) is 0 Å². The molecule has 0 aliphatic rings. The van der Waals surface area contributed by atoms with Gasteiger partial charge in [-0.05, 0) is 30.7 Å². The predicted molar refractivity (Wildman–Crippen MR) is 85.7 cm³/mol. The molecule has 2 rings (SSSR count). The van der Waals surface area contributed by atoms with Crippen molar-refractivity contribution in [2.45, 2.75) is 25.9 Å². The number of methoxy groups -OCH3 is 1. The largest absolute Gasteiger partial charge is 0.497 e. The van der Waals surface area contributed by atoms with Gasteiger partial charge in [0.15, 0.2) is 0 Å². The minimum atomic E-state index is -0.313. The molecule has 0 bridgehead atoms. The molecule has 0 spiro atoms. The van der Waals surface area contributed by atoms with E-state index >= 15 is 0 Å². The van der Waals surface area contributed by atoms with Crippen molar-refractivity contribution in [3.05, 3.63) is 52.3 Å². The topological polar surface area (TPSA) is 81.0 Å². The monoisotopic (exact) mass is 297 g/mol. The lowest BCUT2D eigenvalue weighted by Gasteiger charge is -2.17. The summed E-state index contributed by atoms with van der Waals surface area (Å²) in [7, 11) is 1.60. The second kappa shape index (κ2) is 6.92. The average molecular weight is 297 g/mol. The third-order valence-corrected chi connectivity index (χ3v) is 3.60. The van der Waals surface area contributed by atoms with Crippen LogP contribution in [0.3, 0.4) is 0 Å². The number of ether oxygens (including phenoxy) is 1. The smallest absolute Gasteiger partial charge is 0.268 e. The summed E-state index contributed by atoms with van der Waals surface area (Å²) in [6, 6.07) is 12.6. The number of rotatable bonds is 5. The second-order valence-corrected chi connectivity index (χ2v) is 5.06. The number of aromatic nitrogens is 1. The molecule has 22 heavy (non-hydrogen) atoms. The van der Waals surface area contributed by atoms with Gasteiger partial charge in [-0.3, -0.25) is 4.79 Å². The van der Waals surface area contributed by atoms with Crippen molar-refractivity contribution in [1.29, 1.82) is 5.26 Å². The highest BCUT2D eigenvalue weighted by Crippen LogP contribution is 2.23. The van der Waals surface area contributed by atoms with Crippen molar-refractivity contribution in [2.24, 2.45) is 5.73 Å². The molecular weight excluding hydrogens is 278 g/mol. The molecule has 0 radical (unpaired) electrons. The van der Waals surface area contributed by atoms with E-state index in [1.54, 1.807) is 23.8 Å². The van der Waals surface area contributed by atoms with Crippen LogP contribution in [0.5, 0.6) is 5.75 Å². The van der Waals surface area contributed by atoms with Gasteiger partial charge in [0.25, 0.3) is 5.56 Å². The Morgan fingerprint density at radius 1 is 1.36 bits per heavy atom. The quantitative estimate of drug-likeness (QED) is 0.916. The summed E-state index contributed by atoms with van der Waals surface area (Å²) >= 11 is 0. The highest BCUT2D eigenvalue weighted by Gasteiger charge is 2.13. The summed E-state index contributed by atoms with van der Waals surface area (Å²) in [6.07, 6.45) is 0.751. The molecule has 0 saturated carbocycles. The molecule has 5 nitrogen and oxygen atoms in total. The first kappa shape index (κ1) is 15.8. The zero-order chi connectivity index (χ0) is 16.1. The van der Waals surface area contributed by atoms with Gasteiger partial charge in [-0.2, -0.15) is 5.26 Å². The standard InChI is InChI=1S/C17H19N3O2/c1-3-14(19)11-20-16(8-7-13(10-18)17(20)21)12-5-4-6-15(9-12)22-2/h4-9,14H,3,11,19H2,1-2H3. The van der Waals surface area contributed by atoms with Crippen LogP contribution in [0.15, 0.2) is 41.2 Å². The normalized spacial score (nSPS) is 11.7. The zero-order valence-corrected chi connectivity index (χ0v) is 12.7. The molecule has 2 aromatic rings. The Bertz CT molecular complexity index is 759. The fraction of sp³-hybridized carbons (Fsp3) is 0.294. The number of pyridine rings is 1. The lowest BCUT2D eigenvalue weighted by Crippen LogP contribution is -2.33. The van der Waals surface area contributed by atoms with Gasteiger partial charge < -0.3 is 15.0 Å². The second-order valence-electron chi connectivity index (χ2n) is 5.06. The molecule has 1 atom stereocenters. The van der Waals surface area contributed by atoms with Gasteiger partial charge in [-0.25, -0.2) is 0 Å². The Morgan fingerprint density at radius 2 is 2.14 bits per heavy atom. The van der Waals surface area contributed by atoms with Crippen molar-refractivity contribution >= 4 is 0 Å². The van der Waals surface area contributed by atoms with Crippen molar-refractivity contribution in [2.75, 3.05) is 7.11 Å². The van der Waals surface area contributed by atoms with E-state index in [1.165, 1.54) is 0 Å². The molecule has 1 aromatic heterocycles. The third-order valence-electron chi connectivity index (χ3n) is 3.60. The number of benzene rings is 1. The van der Waals surface area contributed by atoms with Crippen LogP contribution in [0.2, 0.25) is 0 Å². The van der Waals surface area contributed by atoms with Gasteiger partial charge in [0.2, 0.25) is 0 Å². The molecule has 1 unspecified atom stereocenters. The zero-order valence-electron chi connectivity index (χ0n) is 12.7. The molecule has 5 heteroatoms. The number of hydrogen-bond donors (Lipinski definition) is 1. The number of nitrogens with two attached hydrogens (primary N) is 1. The van der Waals surface area contributed by atoms with Gasteiger partial charge in [0, 0.05) is 18.2 Å². The highest BCUT2D eigenvalue weighted by atomic mass is 16.5. The van der Waals surface area contributed by atoms with Crippen molar-refractivity contribution in [3.8, 4) is 23.1 Å². The Balaban J connectivity index is 2.62. The Kier molecular flexibility index (Phi) is 4.97. The van der Waals surface area contributed by atoms with Gasteiger partial charge in [0.1, 0.15) is 17.4 Å². The van der Waals surface area contributed by atoms with E-state index in [0.29, 0.717) is 12.3 Å². The molecule has 0 fully saturated rings. The van der Waals surface area contributed by atoms with Gasteiger partial charge in [-0.15, -0.1) is 0 Å². The molecule has 0 amide bonds. The van der Waals surface area contributed by atoms with E-state index in [-0.39, 0.29) is 17.2 Å². The summed E-state index contributed by atoms with van der Waals surface area (Å²) in [5, 5.41) is 9.06. The summed E-state index contributed by atoms with van der Waals surface area (Å²) in [5.74, 6) is 0.709. The Labute approximate surface area is 129 Å².